The fourth-order valence-electron chi connectivity index (χ4n) is 4.13. The van der Waals surface area contributed by atoms with Gasteiger partial charge in [-0.25, -0.2) is 0 Å². The Morgan fingerprint density at radius 3 is 2.48 bits per heavy atom. The number of rotatable bonds is 7. The highest BCUT2D eigenvalue weighted by Crippen LogP contribution is 2.33. The Morgan fingerprint density at radius 1 is 1.03 bits per heavy atom. The van der Waals surface area contributed by atoms with Crippen molar-refractivity contribution in [2.45, 2.75) is 32.5 Å². The molecule has 2 heterocycles. The standard InChI is InChI=1S/C24H30N2O2S/c1-3-28-20-10-8-19(9-11-20)16-25-12-14-26(15-13-25)18(2)24(27)22-17-29-23-7-5-4-6-21(22)23/h4-11,17-18,24,27H,3,12-16H2,1-2H3. The zero-order valence-corrected chi connectivity index (χ0v) is 18.1. The summed E-state index contributed by atoms with van der Waals surface area (Å²) in [6.07, 6.45) is -0.455. The summed E-state index contributed by atoms with van der Waals surface area (Å²) in [7, 11) is 0. The van der Waals surface area contributed by atoms with Gasteiger partial charge in [0.2, 0.25) is 0 Å². The highest BCUT2D eigenvalue weighted by molar-refractivity contribution is 7.17. The van der Waals surface area contributed by atoms with Crippen LogP contribution in [0.3, 0.4) is 0 Å². The van der Waals surface area contributed by atoms with Crippen LogP contribution < -0.4 is 4.74 Å². The first-order chi connectivity index (χ1) is 14.2. The second kappa shape index (κ2) is 9.26. The van der Waals surface area contributed by atoms with Gasteiger partial charge in [0.15, 0.2) is 0 Å². The van der Waals surface area contributed by atoms with Crippen LogP contribution in [0.1, 0.15) is 31.1 Å². The van der Waals surface area contributed by atoms with Crippen molar-refractivity contribution in [2.75, 3.05) is 32.8 Å². The number of piperazine rings is 1. The molecule has 0 spiro atoms. The molecule has 2 unspecified atom stereocenters. The summed E-state index contributed by atoms with van der Waals surface area (Å²) >= 11 is 1.72. The summed E-state index contributed by atoms with van der Waals surface area (Å²) in [5.41, 5.74) is 2.38. The first-order valence-corrected chi connectivity index (χ1v) is 11.4. The number of nitrogens with zero attached hydrogens (tertiary/aromatic N) is 2. The predicted molar refractivity (Wildman–Crippen MR) is 121 cm³/mol. The van der Waals surface area contributed by atoms with Gasteiger partial charge in [-0.15, -0.1) is 11.3 Å². The Balaban J connectivity index is 1.32. The van der Waals surface area contributed by atoms with Crippen molar-refractivity contribution < 1.29 is 9.84 Å². The second-order valence-corrected chi connectivity index (χ2v) is 8.67. The third kappa shape index (κ3) is 4.64. The fourth-order valence-corrected chi connectivity index (χ4v) is 5.12. The molecule has 29 heavy (non-hydrogen) atoms. The molecule has 0 amide bonds. The molecule has 2 aromatic carbocycles. The van der Waals surface area contributed by atoms with E-state index in [0.717, 1.165) is 44.0 Å². The van der Waals surface area contributed by atoms with E-state index < -0.39 is 6.10 Å². The van der Waals surface area contributed by atoms with Gasteiger partial charge in [0.25, 0.3) is 0 Å². The minimum Gasteiger partial charge on any atom is -0.494 e. The number of hydrogen-bond donors (Lipinski definition) is 1. The average molecular weight is 411 g/mol. The molecule has 0 bridgehead atoms. The van der Waals surface area contributed by atoms with E-state index in [4.69, 9.17) is 4.74 Å². The molecule has 1 N–H and O–H groups in total. The van der Waals surface area contributed by atoms with Crippen LogP contribution in [0.2, 0.25) is 0 Å². The summed E-state index contributed by atoms with van der Waals surface area (Å²) in [6.45, 7) is 9.84. The van der Waals surface area contributed by atoms with Crippen molar-refractivity contribution in [3.8, 4) is 5.75 Å². The molecule has 1 aliphatic heterocycles. The van der Waals surface area contributed by atoms with Crippen molar-refractivity contribution in [1.82, 2.24) is 9.80 Å². The van der Waals surface area contributed by atoms with E-state index in [1.807, 2.05) is 6.92 Å². The van der Waals surface area contributed by atoms with Gasteiger partial charge < -0.3 is 9.84 Å². The van der Waals surface area contributed by atoms with E-state index in [-0.39, 0.29) is 6.04 Å². The average Bonchev–Trinajstić information content (AvgIpc) is 3.19. The minimum absolute atomic E-state index is 0.112. The number of aliphatic hydroxyl groups excluding tert-OH is 1. The van der Waals surface area contributed by atoms with Crippen molar-refractivity contribution in [2.24, 2.45) is 0 Å². The van der Waals surface area contributed by atoms with Crippen LogP contribution in [0.25, 0.3) is 10.1 Å². The molecule has 3 aromatic rings. The summed E-state index contributed by atoms with van der Waals surface area (Å²) in [5, 5.41) is 14.3. The van der Waals surface area contributed by atoms with Crippen LogP contribution in [0.4, 0.5) is 0 Å². The van der Waals surface area contributed by atoms with Gasteiger partial charge in [0.05, 0.1) is 12.7 Å². The number of fused-ring (bicyclic) bond motifs is 1. The highest BCUT2D eigenvalue weighted by atomic mass is 32.1. The lowest BCUT2D eigenvalue weighted by Gasteiger charge is -2.39. The van der Waals surface area contributed by atoms with Crippen molar-refractivity contribution in [3.05, 3.63) is 65.0 Å². The summed E-state index contributed by atoms with van der Waals surface area (Å²) in [4.78, 5) is 4.91. The quantitative estimate of drug-likeness (QED) is 0.620. The van der Waals surface area contributed by atoms with Crippen LogP contribution in [-0.2, 0) is 6.54 Å². The molecule has 1 aromatic heterocycles. The predicted octanol–water partition coefficient (Wildman–Crippen LogP) is 4.54. The summed E-state index contributed by atoms with van der Waals surface area (Å²) < 4.78 is 6.77. The number of hydrogen-bond acceptors (Lipinski definition) is 5. The number of thiophene rings is 1. The van der Waals surface area contributed by atoms with E-state index >= 15 is 0 Å². The Bertz CT molecular complexity index is 916. The SMILES string of the molecule is CCOc1ccc(CN2CCN(C(C)C(O)c3csc4ccccc34)CC2)cc1. The maximum absolute atomic E-state index is 11.0. The molecule has 0 aliphatic carbocycles. The van der Waals surface area contributed by atoms with E-state index in [1.54, 1.807) is 11.3 Å². The van der Waals surface area contributed by atoms with Crippen LogP contribution >= 0.6 is 11.3 Å². The van der Waals surface area contributed by atoms with E-state index in [2.05, 4.69) is 70.6 Å². The van der Waals surface area contributed by atoms with Gasteiger partial charge in [-0.2, -0.15) is 0 Å². The maximum atomic E-state index is 11.0. The smallest absolute Gasteiger partial charge is 0.119 e. The van der Waals surface area contributed by atoms with Crippen molar-refractivity contribution >= 4 is 21.4 Å². The highest BCUT2D eigenvalue weighted by Gasteiger charge is 2.28. The lowest BCUT2D eigenvalue weighted by molar-refractivity contribution is 0.0252. The van der Waals surface area contributed by atoms with Crippen molar-refractivity contribution in [1.29, 1.82) is 0 Å². The normalized spacial score (nSPS) is 18.0. The zero-order chi connectivity index (χ0) is 20.2. The van der Waals surface area contributed by atoms with Crippen LogP contribution in [0.15, 0.2) is 53.9 Å². The van der Waals surface area contributed by atoms with E-state index in [9.17, 15) is 5.11 Å². The van der Waals surface area contributed by atoms with Crippen LogP contribution in [0, 0.1) is 0 Å². The van der Waals surface area contributed by atoms with Gasteiger partial charge >= 0.3 is 0 Å². The molecule has 0 radical (unpaired) electrons. The fraction of sp³-hybridized carbons (Fsp3) is 0.417. The van der Waals surface area contributed by atoms with Gasteiger partial charge in [-0.3, -0.25) is 9.80 Å². The lowest BCUT2D eigenvalue weighted by Crippen LogP contribution is -2.50. The number of ether oxygens (including phenoxy) is 1. The molecule has 0 saturated carbocycles. The summed E-state index contributed by atoms with van der Waals surface area (Å²) in [5.74, 6) is 0.935. The Labute approximate surface area is 177 Å². The molecule has 4 rings (SSSR count). The van der Waals surface area contributed by atoms with Crippen molar-refractivity contribution in [3.63, 3.8) is 0 Å². The van der Waals surface area contributed by atoms with Crippen LogP contribution in [0.5, 0.6) is 5.75 Å². The lowest BCUT2D eigenvalue weighted by atomic mass is 10.0. The Hall–Kier alpha value is -1.92. The molecular weight excluding hydrogens is 380 g/mol. The molecule has 5 heteroatoms. The van der Waals surface area contributed by atoms with Gasteiger partial charge in [0, 0.05) is 49.0 Å². The number of aliphatic hydroxyl groups is 1. The molecule has 2 atom stereocenters. The van der Waals surface area contributed by atoms with Gasteiger partial charge in [0.1, 0.15) is 5.75 Å². The summed E-state index contributed by atoms with van der Waals surface area (Å²) in [6, 6.07) is 16.9. The molecule has 1 aliphatic rings. The minimum atomic E-state index is -0.455. The molecule has 4 nitrogen and oxygen atoms in total. The maximum Gasteiger partial charge on any atom is 0.119 e. The van der Waals surface area contributed by atoms with Gasteiger partial charge in [-0.05, 0) is 48.4 Å². The Kier molecular flexibility index (Phi) is 6.50. The first kappa shape index (κ1) is 20.4. The molecule has 1 saturated heterocycles. The zero-order valence-electron chi connectivity index (χ0n) is 17.3. The second-order valence-electron chi connectivity index (χ2n) is 7.76. The third-order valence-corrected chi connectivity index (χ3v) is 6.89. The van der Waals surface area contributed by atoms with Gasteiger partial charge in [-0.1, -0.05) is 30.3 Å². The molecule has 1 fully saturated rings. The molecule has 154 valence electrons. The molecular formula is C24H30N2O2S. The largest absolute Gasteiger partial charge is 0.494 e. The third-order valence-electron chi connectivity index (χ3n) is 5.91. The number of benzene rings is 2. The van der Waals surface area contributed by atoms with E-state index in [0.29, 0.717) is 6.61 Å². The Morgan fingerprint density at radius 2 is 1.76 bits per heavy atom. The topological polar surface area (TPSA) is 35.9 Å². The van der Waals surface area contributed by atoms with Crippen LogP contribution in [-0.4, -0.2) is 53.7 Å². The monoisotopic (exact) mass is 410 g/mol. The van der Waals surface area contributed by atoms with E-state index in [1.165, 1.54) is 15.6 Å². The first-order valence-electron chi connectivity index (χ1n) is 10.5.